The van der Waals surface area contributed by atoms with E-state index in [9.17, 15) is 9.59 Å². The van der Waals surface area contributed by atoms with E-state index < -0.39 is 0 Å². The number of hydrogen-bond acceptors (Lipinski definition) is 5. The maximum Gasteiger partial charge on any atom is 0.325 e. The van der Waals surface area contributed by atoms with E-state index in [1.54, 1.807) is 35.0 Å². The number of aromatic nitrogens is 2. The van der Waals surface area contributed by atoms with Gasteiger partial charge in [0.05, 0.1) is 24.8 Å². The number of nitrogens with zero attached hydrogens (tertiary/aromatic N) is 2. The zero-order valence-corrected chi connectivity index (χ0v) is 16.7. The third-order valence-corrected chi connectivity index (χ3v) is 5.07. The number of rotatable bonds is 7. The van der Waals surface area contributed by atoms with E-state index in [0.29, 0.717) is 15.9 Å². The third-order valence-electron chi connectivity index (χ3n) is 3.84. The van der Waals surface area contributed by atoms with Gasteiger partial charge in [0.1, 0.15) is 6.54 Å². The maximum atomic E-state index is 12.3. The largest absolute Gasteiger partial charge is 0.468 e. The molecule has 1 N–H and O–H groups in total. The summed E-state index contributed by atoms with van der Waals surface area (Å²) in [6, 6.07) is 16.6. The lowest BCUT2D eigenvalue weighted by Crippen LogP contribution is -2.16. The minimum atomic E-state index is -0.389. The molecule has 3 aromatic rings. The van der Waals surface area contributed by atoms with Crippen molar-refractivity contribution in [1.82, 2.24) is 9.55 Å². The first-order valence-corrected chi connectivity index (χ1v) is 9.79. The number of carbonyl (C=O) groups is 2. The van der Waals surface area contributed by atoms with Gasteiger partial charge in [-0.2, -0.15) is 0 Å². The van der Waals surface area contributed by atoms with Crippen molar-refractivity contribution in [2.24, 2.45) is 0 Å². The Hall–Kier alpha value is -2.77. The van der Waals surface area contributed by atoms with E-state index >= 15 is 0 Å². The molecule has 3 rings (SSSR count). The van der Waals surface area contributed by atoms with Gasteiger partial charge >= 0.3 is 5.97 Å². The number of anilines is 1. The topological polar surface area (TPSA) is 73.2 Å². The van der Waals surface area contributed by atoms with Crippen LogP contribution in [0.15, 0.2) is 66.0 Å². The summed E-state index contributed by atoms with van der Waals surface area (Å²) in [5, 5.41) is 3.90. The van der Waals surface area contributed by atoms with Gasteiger partial charge in [0.25, 0.3) is 0 Å². The molecule has 0 radical (unpaired) electrons. The fraction of sp³-hybridized carbons (Fsp3) is 0.150. The average Bonchev–Trinajstić information content (AvgIpc) is 3.09. The Kier molecular flexibility index (Phi) is 6.73. The Morgan fingerprint density at radius 2 is 1.96 bits per heavy atom. The summed E-state index contributed by atoms with van der Waals surface area (Å²) in [6.07, 6.45) is 1.69. The summed E-state index contributed by atoms with van der Waals surface area (Å²) < 4.78 is 6.55. The fourth-order valence-electron chi connectivity index (χ4n) is 2.55. The normalized spacial score (nSPS) is 10.5. The molecule has 0 aliphatic carbocycles. The second kappa shape index (κ2) is 9.43. The highest BCUT2D eigenvalue weighted by Gasteiger charge is 2.16. The number of hydrogen-bond donors (Lipinski definition) is 1. The lowest BCUT2D eigenvalue weighted by atomic mass is 10.2. The van der Waals surface area contributed by atoms with E-state index in [1.807, 2.05) is 30.3 Å². The molecule has 2 aromatic carbocycles. The molecule has 0 aliphatic rings. The summed E-state index contributed by atoms with van der Waals surface area (Å²) in [7, 11) is 1.34. The Morgan fingerprint density at radius 3 is 2.68 bits per heavy atom. The molecule has 0 fully saturated rings. The van der Waals surface area contributed by atoms with Crippen molar-refractivity contribution in [3.05, 3.63) is 65.8 Å². The molecule has 0 atom stereocenters. The van der Waals surface area contributed by atoms with Gasteiger partial charge in [0.2, 0.25) is 5.91 Å². The van der Waals surface area contributed by atoms with Gasteiger partial charge in [-0.3, -0.25) is 9.59 Å². The molecule has 144 valence electrons. The Morgan fingerprint density at radius 1 is 1.18 bits per heavy atom. The lowest BCUT2D eigenvalue weighted by Gasteiger charge is -2.11. The van der Waals surface area contributed by atoms with Crippen molar-refractivity contribution >= 4 is 40.9 Å². The van der Waals surface area contributed by atoms with Gasteiger partial charge < -0.3 is 14.6 Å². The number of amides is 1. The minimum Gasteiger partial charge on any atom is -0.468 e. The van der Waals surface area contributed by atoms with E-state index in [1.165, 1.54) is 18.9 Å². The number of thioether (sulfide) groups is 1. The molecule has 0 spiro atoms. The first-order valence-electron chi connectivity index (χ1n) is 8.43. The van der Waals surface area contributed by atoms with Crippen molar-refractivity contribution in [1.29, 1.82) is 0 Å². The van der Waals surface area contributed by atoms with Crippen LogP contribution in [-0.4, -0.2) is 34.3 Å². The maximum absolute atomic E-state index is 12.3. The second-order valence-electron chi connectivity index (χ2n) is 5.80. The standard InChI is InChI=1S/C20H18ClN3O3S/c1-27-19(26)12-24-17(14-6-3-2-4-7-14)11-22-20(24)28-13-18(25)23-16-9-5-8-15(21)10-16/h2-11H,12-13H2,1H3,(H,23,25). The Labute approximate surface area is 171 Å². The number of benzene rings is 2. The van der Waals surface area contributed by atoms with Gasteiger partial charge in [-0.15, -0.1) is 0 Å². The van der Waals surface area contributed by atoms with Crippen molar-refractivity contribution in [2.75, 3.05) is 18.2 Å². The molecule has 1 aromatic heterocycles. The quantitative estimate of drug-likeness (QED) is 0.464. The van der Waals surface area contributed by atoms with Gasteiger partial charge in [-0.25, -0.2) is 4.98 Å². The van der Waals surface area contributed by atoms with Crippen molar-refractivity contribution in [2.45, 2.75) is 11.7 Å². The molecule has 1 amide bonds. The summed E-state index contributed by atoms with van der Waals surface area (Å²) in [4.78, 5) is 28.5. The minimum absolute atomic E-state index is 0.0129. The number of halogens is 1. The van der Waals surface area contributed by atoms with Gasteiger partial charge in [0, 0.05) is 10.7 Å². The molecule has 0 saturated heterocycles. The van der Waals surface area contributed by atoms with Crippen LogP contribution in [0.25, 0.3) is 11.3 Å². The van der Waals surface area contributed by atoms with Gasteiger partial charge in [-0.05, 0) is 23.8 Å². The predicted molar refractivity (Wildman–Crippen MR) is 110 cm³/mol. The van der Waals surface area contributed by atoms with Crippen LogP contribution in [0.5, 0.6) is 0 Å². The molecule has 28 heavy (non-hydrogen) atoms. The van der Waals surface area contributed by atoms with E-state index in [0.717, 1.165) is 11.3 Å². The molecule has 8 heteroatoms. The first-order chi connectivity index (χ1) is 13.6. The van der Waals surface area contributed by atoms with Crippen LogP contribution < -0.4 is 5.32 Å². The van der Waals surface area contributed by atoms with E-state index in [4.69, 9.17) is 16.3 Å². The van der Waals surface area contributed by atoms with Crippen LogP contribution in [0.4, 0.5) is 5.69 Å². The average molecular weight is 416 g/mol. The van der Waals surface area contributed by atoms with Crippen LogP contribution in [0.2, 0.25) is 5.02 Å². The molecule has 0 saturated carbocycles. The van der Waals surface area contributed by atoms with Crippen LogP contribution in [0.1, 0.15) is 0 Å². The summed E-state index contributed by atoms with van der Waals surface area (Å²) in [5.41, 5.74) is 2.33. The highest BCUT2D eigenvalue weighted by atomic mass is 35.5. The van der Waals surface area contributed by atoms with Crippen molar-refractivity contribution < 1.29 is 14.3 Å². The molecule has 0 unspecified atom stereocenters. The number of carbonyl (C=O) groups excluding carboxylic acids is 2. The van der Waals surface area contributed by atoms with Crippen LogP contribution >= 0.6 is 23.4 Å². The zero-order chi connectivity index (χ0) is 19.9. The second-order valence-corrected chi connectivity index (χ2v) is 7.18. The monoisotopic (exact) mass is 415 g/mol. The SMILES string of the molecule is COC(=O)Cn1c(-c2ccccc2)cnc1SCC(=O)Nc1cccc(Cl)c1. The highest BCUT2D eigenvalue weighted by Crippen LogP contribution is 2.26. The molecule has 1 heterocycles. The lowest BCUT2D eigenvalue weighted by molar-refractivity contribution is -0.141. The number of methoxy groups -OCH3 is 1. The van der Waals surface area contributed by atoms with Crippen LogP contribution in [0, 0.1) is 0 Å². The zero-order valence-electron chi connectivity index (χ0n) is 15.1. The number of imidazole rings is 1. The molecular formula is C20H18ClN3O3S. The molecule has 6 nitrogen and oxygen atoms in total. The number of ether oxygens (including phenoxy) is 1. The van der Waals surface area contributed by atoms with E-state index in [2.05, 4.69) is 10.3 Å². The third kappa shape index (κ3) is 5.15. The fourth-order valence-corrected chi connectivity index (χ4v) is 3.52. The molecule has 0 aliphatic heterocycles. The van der Waals surface area contributed by atoms with Crippen molar-refractivity contribution in [3.63, 3.8) is 0 Å². The number of esters is 1. The van der Waals surface area contributed by atoms with Crippen molar-refractivity contribution in [3.8, 4) is 11.3 Å². The predicted octanol–water partition coefficient (Wildman–Crippen LogP) is 4.11. The smallest absolute Gasteiger partial charge is 0.325 e. The summed E-state index contributed by atoms with van der Waals surface area (Å²) in [5.74, 6) is -0.444. The van der Waals surface area contributed by atoms with Crippen LogP contribution in [0.3, 0.4) is 0 Å². The van der Waals surface area contributed by atoms with Crippen LogP contribution in [-0.2, 0) is 20.9 Å². The van der Waals surface area contributed by atoms with Gasteiger partial charge in [-0.1, -0.05) is 59.8 Å². The highest BCUT2D eigenvalue weighted by molar-refractivity contribution is 7.99. The Bertz CT molecular complexity index is 976. The molecular weight excluding hydrogens is 398 g/mol. The molecule has 0 bridgehead atoms. The van der Waals surface area contributed by atoms with Gasteiger partial charge in [0.15, 0.2) is 5.16 Å². The first kappa shape index (κ1) is 20.0. The summed E-state index contributed by atoms with van der Waals surface area (Å²) >= 11 is 7.18. The number of nitrogens with one attached hydrogen (secondary N) is 1. The summed E-state index contributed by atoms with van der Waals surface area (Å²) in [6.45, 7) is 0.0129. The van der Waals surface area contributed by atoms with E-state index in [-0.39, 0.29) is 24.2 Å². The Balaban J connectivity index is 1.74.